The summed E-state index contributed by atoms with van der Waals surface area (Å²) in [5.74, 6) is 0.562. The first-order valence-corrected chi connectivity index (χ1v) is 11.2. The van der Waals surface area contributed by atoms with Gasteiger partial charge in [0.15, 0.2) is 0 Å². The van der Waals surface area contributed by atoms with Gasteiger partial charge in [-0.05, 0) is 55.2 Å². The number of amides is 1. The first-order chi connectivity index (χ1) is 15.1. The van der Waals surface area contributed by atoms with Gasteiger partial charge in [0, 0.05) is 49.0 Å². The van der Waals surface area contributed by atoms with Gasteiger partial charge in [-0.3, -0.25) is 4.79 Å². The summed E-state index contributed by atoms with van der Waals surface area (Å²) in [6.07, 6.45) is 1.88. The van der Waals surface area contributed by atoms with Crippen LogP contribution >= 0.6 is 11.3 Å². The second-order valence-corrected chi connectivity index (χ2v) is 8.84. The maximum absolute atomic E-state index is 12.9. The minimum absolute atomic E-state index is 0.0623. The van der Waals surface area contributed by atoms with Crippen LogP contribution in [0.25, 0.3) is 21.6 Å². The fourth-order valence-electron chi connectivity index (χ4n) is 3.79. The molecule has 4 aromatic rings. The number of hydrogen-bond donors (Lipinski definition) is 2. The molecule has 0 unspecified atom stereocenters. The van der Waals surface area contributed by atoms with Crippen molar-refractivity contribution in [3.05, 3.63) is 59.1 Å². The van der Waals surface area contributed by atoms with Crippen molar-refractivity contribution in [1.82, 2.24) is 24.8 Å². The molecule has 7 nitrogen and oxygen atoms in total. The van der Waals surface area contributed by atoms with Crippen LogP contribution in [0, 0.1) is 6.92 Å². The molecular weight excluding hydrogens is 408 g/mol. The summed E-state index contributed by atoms with van der Waals surface area (Å²) in [6.45, 7) is 5.39. The van der Waals surface area contributed by atoms with E-state index >= 15 is 0 Å². The van der Waals surface area contributed by atoms with E-state index in [1.54, 1.807) is 11.3 Å². The lowest BCUT2D eigenvalue weighted by molar-refractivity contribution is 0.0664. The molecule has 8 heteroatoms. The van der Waals surface area contributed by atoms with E-state index in [-0.39, 0.29) is 5.91 Å². The van der Waals surface area contributed by atoms with Gasteiger partial charge in [0.25, 0.3) is 5.91 Å². The van der Waals surface area contributed by atoms with Crippen LogP contribution < -0.4 is 5.32 Å². The normalized spacial score (nSPS) is 14.8. The minimum Gasteiger partial charge on any atom is -0.346 e. The molecule has 1 amide bonds. The monoisotopic (exact) mass is 432 g/mol. The number of nitrogens with one attached hydrogen (secondary N) is 2. The minimum atomic E-state index is 0.0623. The molecular formula is C23H24N6OS. The number of fused-ring (bicyclic) bond motifs is 1. The van der Waals surface area contributed by atoms with Crippen LogP contribution in [0.15, 0.2) is 48.0 Å². The summed E-state index contributed by atoms with van der Waals surface area (Å²) in [6, 6.07) is 11.7. The second-order valence-electron chi connectivity index (χ2n) is 7.93. The zero-order valence-corrected chi connectivity index (χ0v) is 18.4. The predicted octanol–water partition coefficient (Wildman–Crippen LogP) is 4.13. The topological polar surface area (TPSA) is 77.2 Å². The summed E-state index contributed by atoms with van der Waals surface area (Å²) >= 11 is 1.67. The van der Waals surface area contributed by atoms with Gasteiger partial charge in [-0.2, -0.15) is 4.98 Å². The third kappa shape index (κ3) is 4.04. The van der Waals surface area contributed by atoms with Crippen molar-refractivity contribution >= 4 is 39.9 Å². The molecule has 1 aromatic carbocycles. The zero-order chi connectivity index (χ0) is 21.4. The molecule has 0 atom stereocenters. The number of aromatic nitrogens is 3. The van der Waals surface area contributed by atoms with E-state index < -0.39 is 0 Å². The van der Waals surface area contributed by atoms with Gasteiger partial charge in [0.2, 0.25) is 5.95 Å². The number of likely N-dealkylation sites (N-methyl/N-ethyl adjacent to an activating group) is 1. The smallest absolute Gasteiger partial charge is 0.254 e. The number of carbonyl (C=O) groups excluding carboxylic acids is 1. The molecule has 4 heterocycles. The maximum atomic E-state index is 12.9. The van der Waals surface area contributed by atoms with E-state index in [1.807, 2.05) is 41.4 Å². The van der Waals surface area contributed by atoms with Gasteiger partial charge in [0.1, 0.15) is 5.65 Å². The lowest BCUT2D eigenvalue weighted by Gasteiger charge is -2.32. The maximum Gasteiger partial charge on any atom is 0.254 e. The number of carbonyl (C=O) groups is 1. The highest BCUT2D eigenvalue weighted by atomic mass is 32.1. The molecule has 0 saturated carbocycles. The fraction of sp³-hybridized carbons (Fsp3) is 0.261. The third-order valence-corrected chi connectivity index (χ3v) is 6.59. The first-order valence-electron chi connectivity index (χ1n) is 10.3. The number of aryl methyl sites for hydroxylation is 1. The largest absolute Gasteiger partial charge is 0.346 e. The summed E-state index contributed by atoms with van der Waals surface area (Å²) in [5, 5.41) is 6.41. The standard InChI is InChI=1S/C23H24N6OS/c1-15-12-19(31-14-15)20-18-6-7-24-21(18)27-23(26-20)25-17-5-3-4-16(13-17)22(30)29-10-8-28(2)9-11-29/h3-7,12-14H,8-11H2,1-2H3,(H2,24,25,26,27). The van der Waals surface area contributed by atoms with Crippen LogP contribution in [0.3, 0.4) is 0 Å². The van der Waals surface area contributed by atoms with E-state index in [0.717, 1.165) is 53.5 Å². The van der Waals surface area contributed by atoms with Crippen LogP contribution in [0.2, 0.25) is 0 Å². The molecule has 1 fully saturated rings. The Morgan fingerprint density at radius 2 is 1.97 bits per heavy atom. The Morgan fingerprint density at radius 1 is 1.13 bits per heavy atom. The summed E-state index contributed by atoms with van der Waals surface area (Å²) in [5.41, 5.74) is 4.36. The van der Waals surface area contributed by atoms with Crippen molar-refractivity contribution in [2.45, 2.75) is 6.92 Å². The van der Waals surface area contributed by atoms with Crippen molar-refractivity contribution in [2.24, 2.45) is 0 Å². The molecule has 1 aliphatic heterocycles. The van der Waals surface area contributed by atoms with Crippen LogP contribution in [-0.2, 0) is 0 Å². The molecule has 0 bridgehead atoms. The lowest BCUT2D eigenvalue weighted by Crippen LogP contribution is -2.47. The Bertz CT molecular complexity index is 1240. The molecule has 1 saturated heterocycles. The number of piperazine rings is 1. The number of aromatic amines is 1. The number of hydrogen-bond acceptors (Lipinski definition) is 6. The quantitative estimate of drug-likeness (QED) is 0.507. The number of benzene rings is 1. The highest BCUT2D eigenvalue weighted by molar-refractivity contribution is 7.13. The Labute approximate surface area is 184 Å². The predicted molar refractivity (Wildman–Crippen MR) is 125 cm³/mol. The van der Waals surface area contributed by atoms with E-state index in [4.69, 9.17) is 4.98 Å². The van der Waals surface area contributed by atoms with Gasteiger partial charge in [-0.1, -0.05) is 6.07 Å². The molecule has 0 spiro atoms. The van der Waals surface area contributed by atoms with Crippen molar-refractivity contribution < 1.29 is 4.79 Å². The van der Waals surface area contributed by atoms with Crippen molar-refractivity contribution in [1.29, 1.82) is 0 Å². The molecule has 158 valence electrons. The van der Waals surface area contributed by atoms with Crippen LogP contribution in [0.5, 0.6) is 0 Å². The molecule has 31 heavy (non-hydrogen) atoms. The summed E-state index contributed by atoms with van der Waals surface area (Å²) < 4.78 is 0. The molecule has 0 radical (unpaired) electrons. The number of rotatable bonds is 4. The van der Waals surface area contributed by atoms with E-state index in [2.05, 4.69) is 45.6 Å². The van der Waals surface area contributed by atoms with Gasteiger partial charge in [-0.25, -0.2) is 4.98 Å². The second kappa shape index (κ2) is 8.13. The van der Waals surface area contributed by atoms with Gasteiger partial charge < -0.3 is 20.1 Å². The summed E-state index contributed by atoms with van der Waals surface area (Å²) in [7, 11) is 2.08. The average Bonchev–Trinajstić information content (AvgIpc) is 3.42. The zero-order valence-electron chi connectivity index (χ0n) is 17.6. The van der Waals surface area contributed by atoms with E-state index in [1.165, 1.54) is 5.56 Å². The average molecular weight is 433 g/mol. The molecule has 3 aromatic heterocycles. The van der Waals surface area contributed by atoms with Gasteiger partial charge in [0.05, 0.1) is 10.6 Å². The van der Waals surface area contributed by atoms with Crippen LogP contribution in [0.4, 0.5) is 11.6 Å². The van der Waals surface area contributed by atoms with E-state index in [9.17, 15) is 4.79 Å². The van der Waals surface area contributed by atoms with Crippen molar-refractivity contribution in [3.63, 3.8) is 0 Å². The fourth-order valence-corrected chi connectivity index (χ4v) is 4.69. The third-order valence-electron chi connectivity index (χ3n) is 5.54. The first kappa shape index (κ1) is 19.7. The molecule has 0 aliphatic carbocycles. The summed E-state index contributed by atoms with van der Waals surface area (Å²) in [4.78, 5) is 30.8. The van der Waals surface area contributed by atoms with E-state index in [0.29, 0.717) is 11.5 Å². The Balaban J connectivity index is 1.43. The van der Waals surface area contributed by atoms with Gasteiger partial charge >= 0.3 is 0 Å². The van der Waals surface area contributed by atoms with Crippen LogP contribution in [0.1, 0.15) is 15.9 Å². The number of nitrogens with zero attached hydrogens (tertiary/aromatic N) is 4. The van der Waals surface area contributed by atoms with Crippen LogP contribution in [-0.4, -0.2) is 63.9 Å². The number of anilines is 2. The SMILES string of the molecule is Cc1csc(-c2nc(Nc3cccc(C(=O)N4CCN(C)CC4)c3)nc3[nH]ccc23)c1. The van der Waals surface area contributed by atoms with Crippen molar-refractivity contribution in [3.8, 4) is 10.6 Å². The highest BCUT2D eigenvalue weighted by Gasteiger charge is 2.20. The molecule has 2 N–H and O–H groups in total. The highest BCUT2D eigenvalue weighted by Crippen LogP contribution is 2.32. The molecule has 5 rings (SSSR count). The van der Waals surface area contributed by atoms with Gasteiger partial charge in [-0.15, -0.1) is 11.3 Å². The lowest BCUT2D eigenvalue weighted by atomic mass is 10.1. The number of thiophene rings is 1. The Kier molecular flexibility index (Phi) is 5.17. The molecule has 1 aliphatic rings. The Morgan fingerprint density at radius 3 is 2.74 bits per heavy atom. The van der Waals surface area contributed by atoms with Crippen molar-refractivity contribution in [2.75, 3.05) is 38.5 Å². The Hall–Kier alpha value is -3.23. The number of H-pyrrole nitrogens is 1.